The molecular formula is C76H132O6. The van der Waals surface area contributed by atoms with Gasteiger partial charge in [-0.25, -0.2) is 0 Å². The van der Waals surface area contributed by atoms with Crippen molar-refractivity contribution in [2.24, 2.45) is 0 Å². The number of hydrogen-bond acceptors (Lipinski definition) is 6. The molecule has 0 saturated carbocycles. The highest BCUT2D eigenvalue weighted by molar-refractivity contribution is 5.71. The van der Waals surface area contributed by atoms with Crippen molar-refractivity contribution in [1.82, 2.24) is 0 Å². The molecule has 0 saturated heterocycles. The summed E-state index contributed by atoms with van der Waals surface area (Å²) in [7, 11) is 0. The third-order valence-corrected chi connectivity index (χ3v) is 15.3. The fourth-order valence-electron chi connectivity index (χ4n) is 10.1. The molecule has 0 rings (SSSR count). The Balaban J connectivity index is 4.17. The maximum atomic E-state index is 12.9. The Bertz CT molecular complexity index is 1590. The molecule has 0 aliphatic heterocycles. The van der Waals surface area contributed by atoms with Crippen molar-refractivity contribution in [1.29, 1.82) is 0 Å². The Hall–Kier alpha value is -3.67. The van der Waals surface area contributed by atoms with E-state index < -0.39 is 6.10 Å². The van der Waals surface area contributed by atoms with Gasteiger partial charge < -0.3 is 14.2 Å². The molecule has 1 atom stereocenters. The van der Waals surface area contributed by atoms with Crippen LogP contribution in [0.5, 0.6) is 0 Å². The average molecular weight is 1140 g/mol. The molecule has 0 aromatic carbocycles. The Morgan fingerprint density at radius 3 is 0.744 bits per heavy atom. The van der Waals surface area contributed by atoms with E-state index in [0.717, 1.165) is 109 Å². The van der Waals surface area contributed by atoms with Gasteiger partial charge in [0.05, 0.1) is 0 Å². The second kappa shape index (κ2) is 69.8. The summed E-state index contributed by atoms with van der Waals surface area (Å²) in [6.45, 7) is 6.44. The Kier molecular flexibility index (Phi) is 66.7. The van der Waals surface area contributed by atoms with E-state index in [9.17, 15) is 14.4 Å². The first-order valence-corrected chi connectivity index (χ1v) is 35.2. The van der Waals surface area contributed by atoms with Crippen molar-refractivity contribution in [2.45, 2.75) is 354 Å². The van der Waals surface area contributed by atoms with Crippen LogP contribution in [0.3, 0.4) is 0 Å². The summed E-state index contributed by atoms with van der Waals surface area (Å²) in [5, 5.41) is 0. The molecule has 0 radical (unpaired) electrons. The minimum Gasteiger partial charge on any atom is -0.462 e. The molecule has 1 unspecified atom stereocenters. The number of unbranched alkanes of at least 4 members (excludes halogenated alkanes) is 37. The van der Waals surface area contributed by atoms with E-state index in [1.54, 1.807) is 0 Å². The van der Waals surface area contributed by atoms with Gasteiger partial charge in [-0.2, -0.15) is 0 Å². The Labute approximate surface area is 508 Å². The highest BCUT2D eigenvalue weighted by Crippen LogP contribution is 2.18. The lowest BCUT2D eigenvalue weighted by Gasteiger charge is -2.18. The summed E-state index contributed by atoms with van der Waals surface area (Å²) < 4.78 is 17.0. The predicted molar refractivity (Wildman–Crippen MR) is 357 cm³/mol. The number of carbonyl (C=O) groups excluding carboxylic acids is 3. The minimum atomic E-state index is -0.777. The Morgan fingerprint density at radius 1 is 0.256 bits per heavy atom. The number of allylic oxidation sites excluding steroid dienone is 16. The van der Waals surface area contributed by atoms with Crippen LogP contribution >= 0.6 is 0 Å². The van der Waals surface area contributed by atoms with Crippen LogP contribution in [0.15, 0.2) is 97.2 Å². The highest BCUT2D eigenvalue weighted by atomic mass is 16.6. The number of ether oxygens (including phenoxy) is 3. The third-order valence-electron chi connectivity index (χ3n) is 15.3. The molecule has 472 valence electrons. The standard InChI is InChI=1S/C76H132O6/c1-4-7-10-13-16-19-22-24-26-28-30-32-34-36-37-38-39-41-42-44-46-48-50-52-54-57-60-63-66-69-75(78)81-72-73(71-80-74(77)68-65-62-59-56-21-18-15-12-9-6-3)82-76(79)70-67-64-61-58-55-53-51-49-47-45-43-40-35-33-31-29-27-25-23-20-17-14-11-8-5-2/h7-8,10-11,16-17,19-20,24-27,30-33,73H,4-6,9,12-15,18,21-23,28-29,34-72H2,1-3H3/b10-7-,11-8-,19-16-,20-17-,26-24-,27-25-,32-30-,33-31-. The fourth-order valence-corrected chi connectivity index (χ4v) is 10.1. The van der Waals surface area contributed by atoms with Crippen LogP contribution in [0.1, 0.15) is 348 Å². The SMILES string of the molecule is CC/C=C\C/C=C\C/C=C\C/C=C\CCCCCCCCCCCCCCCCCCC(=O)OCC(COC(=O)CCCCCCCCCCCC)OC(=O)CCCCCCCCCCCCCC/C=C\C/C=C\C/C=C\C/C=C\CC. The normalized spacial score (nSPS) is 12.7. The molecule has 0 fully saturated rings. The minimum absolute atomic E-state index is 0.0732. The molecule has 0 bridgehead atoms. The Morgan fingerprint density at radius 2 is 0.476 bits per heavy atom. The van der Waals surface area contributed by atoms with Gasteiger partial charge in [-0.1, -0.05) is 330 Å². The van der Waals surface area contributed by atoms with E-state index in [0.29, 0.717) is 19.3 Å². The van der Waals surface area contributed by atoms with Crippen molar-refractivity contribution in [3.63, 3.8) is 0 Å². The molecule has 0 heterocycles. The lowest BCUT2D eigenvalue weighted by atomic mass is 10.0. The molecule has 0 amide bonds. The molecule has 6 heteroatoms. The van der Waals surface area contributed by atoms with Gasteiger partial charge in [0.15, 0.2) is 6.10 Å². The monoisotopic (exact) mass is 1140 g/mol. The van der Waals surface area contributed by atoms with Crippen molar-refractivity contribution in [3.05, 3.63) is 97.2 Å². The van der Waals surface area contributed by atoms with E-state index >= 15 is 0 Å². The molecule has 0 spiro atoms. The number of carbonyl (C=O) groups is 3. The zero-order valence-electron chi connectivity index (χ0n) is 54.2. The van der Waals surface area contributed by atoms with Gasteiger partial charge in [0, 0.05) is 19.3 Å². The summed E-state index contributed by atoms with van der Waals surface area (Å²) in [6.07, 6.45) is 94.4. The fraction of sp³-hybridized carbons (Fsp3) is 0.750. The largest absolute Gasteiger partial charge is 0.462 e. The van der Waals surface area contributed by atoms with Gasteiger partial charge in [-0.3, -0.25) is 14.4 Å². The van der Waals surface area contributed by atoms with Crippen LogP contribution in [0.25, 0.3) is 0 Å². The van der Waals surface area contributed by atoms with Crippen LogP contribution in [0, 0.1) is 0 Å². The van der Waals surface area contributed by atoms with Crippen LogP contribution < -0.4 is 0 Å². The van der Waals surface area contributed by atoms with Gasteiger partial charge >= 0.3 is 17.9 Å². The summed E-state index contributed by atoms with van der Waals surface area (Å²) >= 11 is 0. The number of hydrogen-bond donors (Lipinski definition) is 0. The zero-order chi connectivity index (χ0) is 59.2. The third kappa shape index (κ3) is 67.1. The maximum Gasteiger partial charge on any atom is 0.306 e. The summed E-state index contributed by atoms with van der Waals surface area (Å²) in [6, 6.07) is 0. The highest BCUT2D eigenvalue weighted by Gasteiger charge is 2.19. The molecule has 82 heavy (non-hydrogen) atoms. The predicted octanol–water partition coefficient (Wildman–Crippen LogP) is 24.4. The van der Waals surface area contributed by atoms with Crippen LogP contribution in [0.4, 0.5) is 0 Å². The van der Waals surface area contributed by atoms with E-state index in [-0.39, 0.29) is 31.1 Å². The van der Waals surface area contributed by atoms with Crippen LogP contribution in [-0.4, -0.2) is 37.2 Å². The van der Waals surface area contributed by atoms with Crippen LogP contribution in [-0.2, 0) is 28.6 Å². The topological polar surface area (TPSA) is 78.9 Å². The lowest BCUT2D eigenvalue weighted by Crippen LogP contribution is -2.30. The molecule has 0 aromatic rings. The van der Waals surface area contributed by atoms with Gasteiger partial charge in [0.2, 0.25) is 0 Å². The van der Waals surface area contributed by atoms with Crippen LogP contribution in [0.2, 0.25) is 0 Å². The summed E-state index contributed by atoms with van der Waals surface area (Å²) in [5.74, 6) is -0.859. The summed E-state index contributed by atoms with van der Waals surface area (Å²) in [4.78, 5) is 38.4. The summed E-state index contributed by atoms with van der Waals surface area (Å²) in [5.41, 5.74) is 0. The van der Waals surface area contributed by atoms with E-state index in [4.69, 9.17) is 14.2 Å². The average Bonchev–Trinajstić information content (AvgIpc) is 3.48. The van der Waals surface area contributed by atoms with E-state index in [2.05, 4.69) is 118 Å². The van der Waals surface area contributed by atoms with E-state index in [1.165, 1.54) is 199 Å². The molecule has 6 nitrogen and oxygen atoms in total. The first kappa shape index (κ1) is 78.3. The lowest BCUT2D eigenvalue weighted by molar-refractivity contribution is -0.167. The number of rotatable bonds is 64. The first-order valence-electron chi connectivity index (χ1n) is 35.2. The first-order chi connectivity index (χ1) is 40.5. The van der Waals surface area contributed by atoms with Crippen molar-refractivity contribution >= 4 is 17.9 Å². The van der Waals surface area contributed by atoms with Crippen molar-refractivity contribution in [3.8, 4) is 0 Å². The maximum absolute atomic E-state index is 12.9. The number of esters is 3. The second-order valence-electron chi connectivity index (χ2n) is 23.4. The van der Waals surface area contributed by atoms with E-state index in [1.807, 2.05) is 0 Å². The smallest absolute Gasteiger partial charge is 0.306 e. The molecule has 0 aromatic heterocycles. The molecule has 0 aliphatic rings. The van der Waals surface area contributed by atoms with Gasteiger partial charge in [-0.05, 0) is 96.3 Å². The molecule has 0 aliphatic carbocycles. The molecule has 0 N–H and O–H groups in total. The van der Waals surface area contributed by atoms with Crippen molar-refractivity contribution < 1.29 is 28.6 Å². The second-order valence-corrected chi connectivity index (χ2v) is 23.4. The zero-order valence-corrected chi connectivity index (χ0v) is 54.2. The van der Waals surface area contributed by atoms with Gasteiger partial charge in [-0.15, -0.1) is 0 Å². The molecular weight excluding hydrogens is 1010 g/mol. The quantitative estimate of drug-likeness (QED) is 0.0261. The van der Waals surface area contributed by atoms with Crippen molar-refractivity contribution in [2.75, 3.05) is 13.2 Å². The van der Waals surface area contributed by atoms with Gasteiger partial charge in [0.25, 0.3) is 0 Å². The van der Waals surface area contributed by atoms with Gasteiger partial charge in [0.1, 0.15) is 13.2 Å².